The zero-order valence-corrected chi connectivity index (χ0v) is 14.0. The van der Waals surface area contributed by atoms with Crippen molar-refractivity contribution in [2.75, 3.05) is 17.3 Å². The molecule has 0 aromatic carbocycles. The average Bonchev–Trinajstić information content (AvgIpc) is 3.12. The molecule has 11 heteroatoms. The molecule has 0 saturated carbocycles. The summed E-state index contributed by atoms with van der Waals surface area (Å²) in [7, 11) is 0. The Labute approximate surface area is 145 Å². The Morgan fingerprint density at radius 2 is 2.20 bits per heavy atom. The molecule has 1 fully saturated rings. The van der Waals surface area contributed by atoms with Crippen LogP contribution in [0.25, 0.3) is 11.2 Å². The molecule has 2 aromatic rings. The van der Waals surface area contributed by atoms with Crippen LogP contribution in [-0.2, 0) is 9.53 Å². The van der Waals surface area contributed by atoms with Crippen LogP contribution in [0, 0.1) is 0 Å². The molecule has 3 heterocycles. The van der Waals surface area contributed by atoms with Crippen LogP contribution < -0.4 is 5.32 Å². The highest BCUT2D eigenvalue weighted by Crippen LogP contribution is 2.33. The van der Waals surface area contributed by atoms with Crippen LogP contribution in [0.2, 0.25) is 0 Å². The molecule has 9 nitrogen and oxygen atoms in total. The van der Waals surface area contributed by atoms with Crippen molar-refractivity contribution < 1.29 is 24.1 Å². The van der Waals surface area contributed by atoms with Gasteiger partial charge in [-0.05, 0) is 6.26 Å². The average molecular weight is 369 g/mol. The number of rotatable bonds is 5. The molecule has 0 spiro atoms. The molecule has 2 aromatic heterocycles. The molecule has 0 radical (unpaired) electrons. The second-order valence-electron chi connectivity index (χ2n) is 5.41. The number of hydrogen-bond acceptors (Lipinski definition) is 8. The molecular weight excluding hydrogens is 353 g/mol. The van der Waals surface area contributed by atoms with E-state index in [0.29, 0.717) is 5.75 Å². The summed E-state index contributed by atoms with van der Waals surface area (Å²) in [6.45, 7) is 2.91. The molecule has 3 rings (SSSR count). The lowest BCUT2D eigenvalue weighted by Crippen LogP contribution is -2.32. The lowest BCUT2D eigenvalue weighted by molar-refractivity contribution is -0.114. The van der Waals surface area contributed by atoms with Crippen molar-refractivity contribution in [2.45, 2.75) is 24.5 Å². The molecule has 0 unspecified atom stereocenters. The predicted molar refractivity (Wildman–Crippen MR) is 88.5 cm³/mol. The fourth-order valence-electron chi connectivity index (χ4n) is 2.57. The number of ether oxygens (including phenoxy) is 1. The Hall–Kier alpha value is -2.08. The molecule has 4 atom stereocenters. The van der Waals surface area contributed by atoms with Crippen molar-refractivity contribution in [3.05, 3.63) is 25.1 Å². The molecule has 1 aliphatic rings. The lowest BCUT2D eigenvalue weighted by atomic mass is 10.1. The van der Waals surface area contributed by atoms with Gasteiger partial charge in [-0.3, -0.25) is 9.36 Å². The van der Waals surface area contributed by atoms with Gasteiger partial charge in [-0.25, -0.2) is 19.3 Å². The monoisotopic (exact) mass is 369 g/mol. The highest BCUT2D eigenvalue weighted by molar-refractivity contribution is 7.98. The van der Waals surface area contributed by atoms with Gasteiger partial charge in [-0.2, -0.15) is 11.8 Å². The van der Waals surface area contributed by atoms with E-state index in [2.05, 4.69) is 26.8 Å². The highest BCUT2D eigenvalue weighted by atomic mass is 32.2. The van der Waals surface area contributed by atoms with Crippen LogP contribution in [0.3, 0.4) is 0 Å². The minimum absolute atomic E-state index is 0.00116. The Balaban J connectivity index is 1.94. The quantitative estimate of drug-likeness (QED) is 0.640. The maximum absolute atomic E-state index is 12.9. The summed E-state index contributed by atoms with van der Waals surface area (Å²) >= 11 is 1.48. The van der Waals surface area contributed by atoms with Gasteiger partial charge in [-0.1, -0.05) is 6.58 Å². The normalized spacial score (nSPS) is 26.1. The first-order valence-corrected chi connectivity index (χ1v) is 8.67. The van der Waals surface area contributed by atoms with Gasteiger partial charge < -0.3 is 20.3 Å². The first-order valence-electron chi connectivity index (χ1n) is 7.28. The molecule has 134 valence electrons. The van der Waals surface area contributed by atoms with Gasteiger partial charge in [0.1, 0.15) is 18.5 Å². The molecule has 0 aliphatic carbocycles. The number of carbonyl (C=O) groups excluding carboxylic acids is 1. The number of anilines is 1. The van der Waals surface area contributed by atoms with Gasteiger partial charge in [0.25, 0.3) is 5.91 Å². The Kier molecular flexibility index (Phi) is 4.99. The first-order chi connectivity index (χ1) is 11.9. The van der Waals surface area contributed by atoms with Gasteiger partial charge >= 0.3 is 0 Å². The molecular formula is C14H16FN5O4S. The van der Waals surface area contributed by atoms with Crippen molar-refractivity contribution in [2.24, 2.45) is 0 Å². The van der Waals surface area contributed by atoms with Crippen LogP contribution >= 0.6 is 11.8 Å². The predicted octanol–water partition coefficient (Wildman–Crippen LogP) is 0.230. The number of hydrogen-bond donors (Lipinski definition) is 3. The maximum atomic E-state index is 12.9. The lowest BCUT2D eigenvalue weighted by Gasteiger charge is -2.16. The number of nitrogens with one attached hydrogen (secondary N) is 1. The molecule has 25 heavy (non-hydrogen) atoms. The van der Waals surface area contributed by atoms with E-state index in [1.54, 1.807) is 0 Å². The van der Waals surface area contributed by atoms with Gasteiger partial charge in [0.15, 0.2) is 29.0 Å². The van der Waals surface area contributed by atoms with E-state index in [-0.39, 0.29) is 17.0 Å². The van der Waals surface area contributed by atoms with Crippen LogP contribution in [0.1, 0.15) is 6.23 Å². The zero-order chi connectivity index (χ0) is 18.1. The molecule has 0 bridgehead atoms. The Morgan fingerprint density at radius 1 is 1.44 bits per heavy atom. The Bertz CT molecular complexity index is 816. The van der Waals surface area contributed by atoms with Gasteiger partial charge in [0, 0.05) is 5.75 Å². The largest absolute Gasteiger partial charge is 0.387 e. The van der Waals surface area contributed by atoms with E-state index in [1.165, 1.54) is 22.7 Å². The molecule has 1 aliphatic heterocycles. The van der Waals surface area contributed by atoms with Crippen molar-refractivity contribution in [3.8, 4) is 0 Å². The smallest absolute Gasteiger partial charge is 0.284 e. The molecule has 1 amide bonds. The number of fused-ring (bicyclic) bond motifs is 1. The van der Waals surface area contributed by atoms with E-state index in [1.807, 2.05) is 6.26 Å². The van der Waals surface area contributed by atoms with E-state index >= 15 is 0 Å². The standard InChI is InChI=1S/C14H16FN5O4S/c1-6(15)13(23)19-11-8-12(17-4-16-11)20(5-18-8)14-10(22)9(21)7(24-14)3-25-2/h4-5,7,9-10,14,21-22H,1,3H2,2H3,(H,16,17,19,23)/t7-,9-,10-,14-/m1/s1. The first kappa shape index (κ1) is 17.7. The second kappa shape index (κ2) is 7.04. The van der Waals surface area contributed by atoms with Crippen molar-refractivity contribution in [1.29, 1.82) is 0 Å². The van der Waals surface area contributed by atoms with Crippen molar-refractivity contribution in [3.63, 3.8) is 0 Å². The minimum Gasteiger partial charge on any atom is -0.387 e. The number of nitrogens with zero attached hydrogens (tertiary/aromatic N) is 4. The molecule has 3 N–H and O–H groups in total. The number of amides is 1. The summed E-state index contributed by atoms with van der Waals surface area (Å²) in [4.78, 5) is 23.5. The third kappa shape index (κ3) is 3.23. The maximum Gasteiger partial charge on any atom is 0.284 e. The van der Waals surface area contributed by atoms with E-state index in [0.717, 1.165) is 6.33 Å². The summed E-state index contributed by atoms with van der Waals surface area (Å²) in [5.41, 5.74) is 0.450. The summed E-state index contributed by atoms with van der Waals surface area (Å²) < 4.78 is 20.0. The topological polar surface area (TPSA) is 122 Å². The fourth-order valence-corrected chi connectivity index (χ4v) is 3.17. The molecule has 1 saturated heterocycles. The number of carbonyl (C=O) groups is 1. The fraction of sp³-hybridized carbons (Fsp3) is 0.429. The van der Waals surface area contributed by atoms with E-state index < -0.39 is 36.3 Å². The third-order valence-corrected chi connectivity index (χ3v) is 4.44. The van der Waals surface area contributed by atoms with Gasteiger partial charge in [0.05, 0.1) is 12.4 Å². The number of halogens is 1. The summed E-state index contributed by atoms with van der Waals surface area (Å²) in [5, 5.41) is 22.6. The third-order valence-electron chi connectivity index (χ3n) is 3.78. The number of aliphatic hydroxyl groups excluding tert-OH is 2. The van der Waals surface area contributed by atoms with Crippen LogP contribution in [0.4, 0.5) is 10.2 Å². The number of imidazole rings is 1. The van der Waals surface area contributed by atoms with Crippen LogP contribution in [-0.4, -0.2) is 66.0 Å². The summed E-state index contributed by atoms with van der Waals surface area (Å²) in [6, 6.07) is 0. The second-order valence-corrected chi connectivity index (χ2v) is 6.32. The van der Waals surface area contributed by atoms with Crippen molar-refractivity contribution >= 4 is 34.7 Å². The minimum atomic E-state index is -1.17. The summed E-state index contributed by atoms with van der Waals surface area (Å²) in [5.74, 6) is -1.69. The zero-order valence-electron chi connectivity index (χ0n) is 13.2. The van der Waals surface area contributed by atoms with Crippen LogP contribution in [0.5, 0.6) is 0 Å². The van der Waals surface area contributed by atoms with Gasteiger partial charge in [0.2, 0.25) is 0 Å². The highest BCUT2D eigenvalue weighted by Gasteiger charge is 2.44. The van der Waals surface area contributed by atoms with E-state index in [9.17, 15) is 19.4 Å². The van der Waals surface area contributed by atoms with Crippen LogP contribution in [0.15, 0.2) is 25.1 Å². The number of aliphatic hydroxyl groups is 2. The Morgan fingerprint density at radius 3 is 2.88 bits per heavy atom. The van der Waals surface area contributed by atoms with Crippen molar-refractivity contribution in [1.82, 2.24) is 19.5 Å². The van der Waals surface area contributed by atoms with Gasteiger partial charge in [-0.15, -0.1) is 0 Å². The number of thioether (sulfide) groups is 1. The number of aromatic nitrogens is 4. The summed E-state index contributed by atoms with van der Waals surface area (Å²) in [6.07, 6.45) is 0.716. The SMILES string of the molecule is C=C(F)C(=O)Nc1ncnc2c1ncn2[C@@H]1O[C@H](CSC)[C@@H](O)[C@H]1O. The van der Waals surface area contributed by atoms with E-state index in [4.69, 9.17) is 4.74 Å².